The van der Waals surface area contributed by atoms with Gasteiger partial charge in [0.1, 0.15) is 0 Å². The van der Waals surface area contributed by atoms with Crippen LogP contribution >= 0.6 is 11.5 Å². The van der Waals surface area contributed by atoms with Gasteiger partial charge in [0, 0.05) is 31.1 Å². The summed E-state index contributed by atoms with van der Waals surface area (Å²) in [6.07, 6.45) is 2.38. The molecule has 1 saturated heterocycles. The van der Waals surface area contributed by atoms with Crippen LogP contribution in [0.3, 0.4) is 0 Å². The molecule has 1 N–H and O–H groups in total. The van der Waals surface area contributed by atoms with Crippen molar-refractivity contribution in [2.45, 2.75) is 38.8 Å². The van der Waals surface area contributed by atoms with Crippen molar-refractivity contribution in [2.24, 2.45) is 0 Å². The molecular formula is C11H20N4O2S2. The minimum atomic E-state index is -3.09. The molecule has 1 aromatic rings. The van der Waals surface area contributed by atoms with E-state index in [1.54, 1.807) is 0 Å². The van der Waals surface area contributed by atoms with Gasteiger partial charge in [0.05, 0.1) is 11.4 Å². The van der Waals surface area contributed by atoms with E-state index in [0.29, 0.717) is 6.42 Å². The highest BCUT2D eigenvalue weighted by Crippen LogP contribution is 2.14. The molecule has 0 unspecified atom stereocenters. The summed E-state index contributed by atoms with van der Waals surface area (Å²) in [5, 5.41) is 5.98. The van der Waals surface area contributed by atoms with Crippen LogP contribution in [0.25, 0.3) is 0 Å². The number of hydrogen-bond donors (Lipinski definition) is 1. The van der Waals surface area contributed by atoms with E-state index >= 15 is 0 Å². The average Bonchev–Trinajstić information content (AvgIpc) is 2.84. The van der Waals surface area contributed by atoms with Crippen LogP contribution < -0.4 is 4.72 Å². The second-order valence-corrected chi connectivity index (χ2v) is 7.37. The predicted octanol–water partition coefficient (Wildman–Crippen LogP) is 0.832. The molecule has 108 valence electrons. The summed E-state index contributed by atoms with van der Waals surface area (Å²) in [4.78, 5) is 2.29. The fourth-order valence-corrected chi connectivity index (χ4v) is 4.11. The summed E-state index contributed by atoms with van der Waals surface area (Å²) in [7, 11) is -3.09. The van der Waals surface area contributed by atoms with Crippen LogP contribution in [-0.4, -0.2) is 47.8 Å². The number of aromatic nitrogens is 2. The predicted molar refractivity (Wildman–Crippen MR) is 75.4 cm³/mol. The molecular weight excluding hydrogens is 284 g/mol. The van der Waals surface area contributed by atoms with Gasteiger partial charge in [0.15, 0.2) is 0 Å². The second kappa shape index (κ2) is 6.74. The van der Waals surface area contributed by atoms with Crippen molar-refractivity contribution in [2.75, 3.05) is 18.8 Å². The number of hydrogen-bond acceptors (Lipinski definition) is 6. The van der Waals surface area contributed by atoms with E-state index in [9.17, 15) is 8.42 Å². The minimum absolute atomic E-state index is 0.0846. The van der Waals surface area contributed by atoms with Crippen molar-refractivity contribution in [3.8, 4) is 0 Å². The third kappa shape index (κ3) is 4.79. The zero-order valence-electron chi connectivity index (χ0n) is 11.1. The van der Waals surface area contributed by atoms with Crippen LogP contribution in [0.2, 0.25) is 0 Å². The van der Waals surface area contributed by atoms with Crippen molar-refractivity contribution in [1.82, 2.24) is 19.2 Å². The zero-order chi connectivity index (χ0) is 13.7. The fraction of sp³-hybridized carbons (Fsp3) is 0.818. The summed E-state index contributed by atoms with van der Waals surface area (Å²) in [6, 6.07) is 0.0846. The number of rotatable bonds is 6. The fourth-order valence-electron chi connectivity index (χ4n) is 2.27. The normalized spacial score (nSPS) is 18.8. The number of nitrogens with zero attached hydrogens (tertiary/aromatic N) is 3. The van der Waals surface area contributed by atoms with Crippen LogP contribution in [0.1, 0.15) is 31.9 Å². The molecule has 1 aliphatic rings. The molecule has 8 heteroatoms. The number of likely N-dealkylation sites (tertiary alicyclic amines) is 1. The van der Waals surface area contributed by atoms with E-state index in [2.05, 4.69) is 19.2 Å². The molecule has 0 aromatic carbocycles. The molecule has 0 aliphatic carbocycles. The van der Waals surface area contributed by atoms with Crippen molar-refractivity contribution >= 4 is 21.6 Å². The smallest absolute Gasteiger partial charge is 0.211 e. The van der Waals surface area contributed by atoms with Gasteiger partial charge in [-0.25, -0.2) is 13.1 Å². The third-order valence-electron chi connectivity index (χ3n) is 3.20. The quantitative estimate of drug-likeness (QED) is 0.842. The lowest BCUT2D eigenvalue weighted by molar-refractivity contribution is 0.198. The monoisotopic (exact) mass is 304 g/mol. The van der Waals surface area contributed by atoms with Gasteiger partial charge in [-0.15, -0.1) is 5.10 Å². The first-order valence-electron chi connectivity index (χ1n) is 6.57. The van der Waals surface area contributed by atoms with Gasteiger partial charge in [-0.05, 0) is 30.8 Å². The van der Waals surface area contributed by atoms with Crippen LogP contribution in [-0.2, 0) is 16.6 Å². The first-order valence-corrected chi connectivity index (χ1v) is 9.06. The Morgan fingerprint density at radius 1 is 1.47 bits per heavy atom. The van der Waals surface area contributed by atoms with Crippen molar-refractivity contribution in [3.63, 3.8) is 0 Å². The molecule has 0 atom stereocenters. The first kappa shape index (κ1) is 14.8. The van der Waals surface area contributed by atoms with E-state index in [0.717, 1.165) is 38.2 Å². The molecule has 2 rings (SSSR count). The molecule has 2 heterocycles. The Morgan fingerprint density at radius 2 is 2.21 bits per heavy atom. The highest BCUT2D eigenvalue weighted by molar-refractivity contribution is 7.89. The average molecular weight is 304 g/mol. The van der Waals surface area contributed by atoms with Crippen LogP contribution in [0, 0.1) is 0 Å². The molecule has 0 spiro atoms. The minimum Gasteiger partial charge on any atom is -0.297 e. The topological polar surface area (TPSA) is 75.2 Å². The first-order chi connectivity index (χ1) is 9.09. The Kier molecular flexibility index (Phi) is 5.26. The van der Waals surface area contributed by atoms with Crippen LogP contribution in [0.5, 0.6) is 0 Å². The highest BCUT2D eigenvalue weighted by atomic mass is 32.2. The summed E-state index contributed by atoms with van der Waals surface area (Å²) >= 11 is 1.36. The molecule has 1 aromatic heterocycles. The molecule has 0 saturated carbocycles. The standard InChI is InChI=1S/C11H20N4O2S2/c1-2-7-19(16,17)13-10-3-5-15(6-4-10)8-11-9-18-14-12-11/h9-10,13H,2-8H2,1H3. The highest BCUT2D eigenvalue weighted by Gasteiger charge is 2.23. The molecule has 1 fully saturated rings. The van der Waals surface area contributed by atoms with E-state index in [4.69, 9.17) is 0 Å². The summed E-state index contributed by atoms with van der Waals surface area (Å²) in [5.74, 6) is 0.220. The molecule has 6 nitrogen and oxygen atoms in total. The van der Waals surface area contributed by atoms with Gasteiger partial charge < -0.3 is 0 Å². The molecule has 19 heavy (non-hydrogen) atoms. The summed E-state index contributed by atoms with van der Waals surface area (Å²) in [6.45, 7) is 4.49. The lowest BCUT2D eigenvalue weighted by Crippen LogP contribution is -2.44. The van der Waals surface area contributed by atoms with Gasteiger partial charge >= 0.3 is 0 Å². The van der Waals surface area contributed by atoms with Crippen molar-refractivity contribution in [1.29, 1.82) is 0 Å². The maximum Gasteiger partial charge on any atom is 0.211 e. The Bertz CT molecular complexity index is 467. The number of piperidine rings is 1. The SMILES string of the molecule is CCCS(=O)(=O)NC1CCN(Cc2csnn2)CC1. The largest absolute Gasteiger partial charge is 0.297 e. The third-order valence-corrected chi connectivity index (χ3v) is 5.39. The van der Waals surface area contributed by atoms with Crippen LogP contribution in [0.15, 0.2) is 5.38 Å². The van der Waals surface area contributed by atoms with Gasteiger partial charge in [-0.3, -0.25) is 4.90 Å². The maximum atomic E-state index is 11.7. The van der Waals surface area contributed by atoms with Crippen molar-refractivity contribution < 1.29 is 8.42 Å². The zero-order valence-corrected chi connectivity index (χ0v) is 12.7. The number of sulfonamides is 1. The van der Waals surface area contributed by atoms with Gasteiger partial charge in [0.2, 0.25) is 10.0 Å². The molecule has 0 radical (unpaired) electrons. The van der Waals surface area contributed by atoms with E-state index in [1.807, 2.05) is 12.3 Å². The summed E-state index contributed by atoms with van der Waals surface area (Å²) < 4.78 is 30.0. The van der Waals surface area contributed by atoms with E-state index < -0.39 is 10.0 Å². The molecule has 1 aliphatic heterocycles. The Balaban J connectivity index is 1.76. The van der Waals surface area contributed by atoms with Crippen molar-refractivity contribution in [3.05, 3.63) is 11.1 Å². The molecule has 0 bridgehead atoms. The van der Waals surface area contributed by atoms with Gasteiger partial charge in [-0.2, -0.15) is 0 Å². The summed E-state index contributed by atoms with van der Waals surface area (Å²) in [5.41, 5.74) is 0.995. The van der Waals surface area contributed by atoms with Gasteiger partial charge in [0.25, 0.3) is 0 Å². The molecule has 0 amide bonds. The number of nitrogens with one attached hydrogen (secondary N) is 1. The Hall–Kier alpha value is -0.570. The van der Waals surface area contributed by atoms with Crippen LogP contribution in [0.4, 0.5) is 0 Å². The second-order valence-electron chi connectivity index (χ2n) is 4.88. The van der Waals surface area contributed by atoms with E-state index in [1.165, 1.54) is 11.5 Å². The lowest BCUT2D eigenvalue weighted by atomic mass is 10.1. The van der Waals surface area contributed by atoms with E-state index in [-0.39, 0.29) is 11.8 Å². The lowest BCUT2D eigenvalue weighted by Gasteiger charge is -2.31. The maximum absolute atomic E-state index is 11.7. The Labute approximate surface area is 118 Å². The van der Waals surface area contributed by atoms with Gasteiger partial charge in [-0.1, -0.05) is 11.4 Å². The Morgan fingerprint density at radius 3 is 2.79 bits per heavy atom.